The van der Waals surface area contributed by atoms with Gasteiger partial charge in [-0.15, -0.1) is 0 Å². The van der Waals surface area contributed by atoms with E-state index in [0.717, 1.165) is 0 Å². The first-order chi connectivity index (χ1) is 16.0. The first kappa shape index (κ1) is 23.3. The summed E-state index contributed by atoms with van der Waals surface area (Å²) in [6.07, 6.45) is 3.63. The molecule has 10 nitrogen and oxygen atoms in total. The largest absolute Gasteiger partial charge is 0.493 e. The van der Waals surface area contributed by atoms with E-state index in [1.54, 1.807) is 49.4 Å². The van der Waals surface area contributed by atoms with E-state index < -0.39 is 6.04 Å². The molecule has 2 N–H and O–H groups in total. The molecule has 0 radical (unpaired) electrons. The fraction of sp³-hybridized carbons (Fsp3) is 0.261. The Balaban J connectivity index is 1.42. The third-order valence-electron chi connectivity index (χ3n) is 4.75. The van der Waals surface area contributed by atoms with Crippen LogP contribution in [-0.4, -0.2) is 40.3 Å². The van der Waals surface area contributed by atoms with Gasteiger partial charge in [0.15, 0.2) is 11.5 Å². The fourth-order valence-corrected chi connectivity index (χ4v) is 2.92. The van der Waals surface area contributed by atoms with Crippen LogP contribution in [0.4, 0.5) is 11.4 Å². The summed E-state index contributed by atoms with van der Waals surface area (Å²) in [5.41, 5.74) is 1.71. The lowest BCUT2D eigenvalue weighted by molar-refractivity contribution is -0.119. The summed E-state index contributed by atoms with van der Waals surface area (Å²) in [4.78, 5) is 28.3. The molecule has 1 atom stereocenters. The molecule has 0 aliphatic rings. The van der Waals surface area contributed by atoms with E-state index in [4.69, 9.17) is 14.7 Å². The van der Waals surface area contributed by atoms with Crippen molar-refractivity contribution >= 4 is 23.2 Å². The van der Waals surface area contributed by atoms with Crippen molar-refractivity contribution in [3.63, 3.8) is 0 Å². The Morgan fingerprint density at radius 3 is 2.48 bits per heavy atom. The van der Waals surface area contributed by atoms with E-state index in [0.29, 0.717) is 41.5 Å². The zero-order valence-electron chi connectivity index (χ0n) is 18.3. The number of methoxy groups -OCH3 is 1. The number of benzene rings is 2. The summed E-state index contributed by atoms with van der Waals surface area (Å²) in [5.74, 6) is 0.618. The van der Waals surface area contributed by atoms with Crippen molar-refractivity contribution in [2.45, 2.75) is 25.8 Å². The molecule has 0 bridgehead atoms. The summed E-state index contributed by atoms with van der Waals surface area (Å²) in [6, 6.07) is 13.3. The van der Waals surface area contributed by atoms with Crippen molar-refractivity contribution in [1.29, 1.82) is 5.26 Å². The van der Waals surface area contributed by atoms with Crippen LogP contribution >= 0.6 is 0 Å². The molecule has 3 rings (SSSR count). The monoisotopic (exact) mass is 448 g/mol. The van der Waals surface area contributed by atoms with E-state index >= 15 is 0 Å². The minimum absolute atomic E-state index is 0.151. The second kappa shape index (κ2) is 11.3. The van der Waals surface area contributed by atoms with E-state index in [9.17, 15) is 9.59 Å². The van der Waals surface area contributed by atoms with Gasteiger partial charge in [0.05, 0.1) is 25.3 Å². The Hall–Kier alpha value is -4.39. The van der Waals surface area contributed by atoms with Crippen LogP contribution in [-0.2, 0) is 9.59 Å². The summed E-state index contributed by atoms with van der Waals surface area (Å²) in [6.45, 7) is 2.05. The van der Waals surface area contributed by atoms with E-state index in [1.165, 1.54) is 24.4 Å². The molecule has 1 heterocycles. The van der Waals surface area contributed by atoms with Crippen LogP contribution < -0.4 is 20.1 Å². The predicted molar refractivity (Wildman–Crippen MR) is 121 cm³/mol. The van der Waals surface area contributed by atoms with Gasteiger partial charge in [-0.2, -0.15) is 10.4 Å². The maximum atomic E-state index is 12.3. The summed E-state index contributed by atoms with van der Waals surface area (Å²) in [5, 5.41) is 18.5. The van der Waals surface area contributed by atoms with Crippen molar-refractivity contribution in [2.24, 2.45) is 0 Å². The highest BCUT2D eigenvalue weighted by molar-refractivity contribution is 5.94. The third-order valence-corrected chi connectivity index (χ3v) is 4.75. The molecule has 2 amide bonds. The van der Waals surface area contributed by atoms with Gasteiger partial charge in [0.1, 0.15) is 18.7 Å². The highest BCUT2D eigenvalue weighted by Crippen LogP contribution is 2.28. The zero-order valence-corrected chi connectivity index (χ0v) is 18.3. The smallest absolute Gasteiger partial charge is 0.249 e. The number of amides is 2. The maximum Gasteiger partial charge on any atom is 0.249 e. The number of nitrogens with one attached hydrogen (secondary N) is 2. The van der Waals surface area contributed by atoms with Gasteiger partial charge in [0, 0.05) is 23.9 Å². The molecular formula is C23H24N6O4. The van der Waals surface area contributed by atoms with Crippen molar-refractivity contribution in [3.8, 4) is 17.6 Å². The molecule has 0 saturated heterocycles. The first-order valence-electron chi connectivity index (χ1n) is 10.3. The lowest BCUT2D eigenvalue weighted by Gasteiger charge is -2.13. The van der Waals surface area contributed by atoms with Gasteiger partial charge in [-0.05, 0) is 49.7 Å². The quantitative estimate of drug-likeness (QED) is 0.456. The van der Waals surface area contributed by atoms with E-state index in [2.05, 4.69) is 20.7 Å². The third kappa shape index (κ3) is 6.54. The predicted octanol–water partition coefficient (Wildman–Crippen LogP) is 3.16. The molecule has 3 aromatic rings. The van der Waals surface area contributed by atoms with Gasteiger partial charge < -0.3 is 20.1 Å². The number of hydrogen-bond acceptors (Lipinski definition) is 7. The normalized spacial score (nSPS) is 11.2. The number of anilines is 2. The molecule has 1 aromatic heterocycles. The average Bonchev–Trinajstić information content (AvgIpc) is 3.37. The molecule has 2 aromatic carbocycles. The fourth-order valence-electron chi connectivity index (χ4n) is 2.92. The first-order valence-corrected chi connectivity index (χ1v) is 10.3. The van der Waals surface area contributed by atoms with Crippen LogP contribution in [0, 0.1) is 11.3 Å². The highest BCUT2D eigenvalue weighted by atomic mass is 16.5. The molecule has 1 unspecified atom stereocenters. The van der Waals surface area contributed by atoms with Crippen LogP contribution in [0.25, 0.3) is 0 Å². The number of hydrogen-bond donors (Lipinski definition) is 2. The molecule has 0 aliphatic heterocycles. The number of carbonyl (C=O) groups excluding carboxylic acids is 2. The maximum absolute atomic E-state index is 12.3. The molecular weight excluding hydrogens is 424 g/mol. The summed E-state index contributed by atoms with van der Waals surface area (Å²) >= 11 is 0. The van der Waals surface area contributed by atoms with Crippen LogP contribution in [0.2, 0.25) is 0 Å². The molecule has 0 spiro atoms. The van der Waals surface area contributed by atoms with Crippen LogP contribution in [0.5, 0.6) is 11.5 Å². The van der Waals surface area contributed by atoms with Crippen LogP contribution in [0.3, 0.4) is 0 Å². The Kier molecular flexibility index (Phi) is 7.96. The molecule has 0 aliphatic carbocycles. The average molecular weight is 448 g/mol. The summed E-state index contributed by atoms with van der Waals surface area (Å²) in [7, 11) is 1.50. The van der Waals surface area contributed by atoms with Gasteiger partial charge >= 0.3 is 0 Å². The van der Waals surface area contributed by atoms with Crippen molar-refractivity contribution in [1.82, 2.24) is 14.8 Å². The minimum atomic E-state index is -0.502. The van der Waals surface area contributed by atoms with Crippen LogP contribution in [0.1, 0.15) is 31.4 Å². The lowest BCUT2D eigenvalue weighted by Crippen LogP contribution is -2.24. The molecule has 0 fully saturated rings. The molecule has 170 valence electrons. The number of carbonyl (C=O) groups is 2. The second-order valence-electron chi connectivity index (χ2n) is 7.10. The lowest BCUT2D eigenvalue weighted by atomic mass is 10.2. The Morgan fingerprint density at radius 2 is 1.85 bits per heavy atom. The molecule has 33 heavy (non-hydrogen) atoms. The Bertz CT molecular complexity index is 1120. The standard InChI is InChI=1S/C23H24N6O4/c1-16(29-15-25-14-26-29)23(31)28-19-8-6-18(7-9-19)27-22(30)4-3-11-33-20-10-5-17(13-24)12-21(20)32-2/h5-10,12,14-16H,3-4,11H2,1-2H3,(H,27,30)(H,28,31). The van der Waals surface area contributed by atoms with Gasteiger partial charge in [-0.3, -0.25) is 9.59 Å². The Morgan fingerprint density at radius 1 is 1.12 bits per heavy atom. The molecule has 0 saturated carbocycles. The highest BCUT2D eigenvalue weighted by Gasteiger charge is 2.15. The minimum Gasteiger partial charge on any atom is -0.493 e. The van der Waals surface area contributed by atoms with Crippen molar-refractivity contribution in [2.75, 3.05) is 24.4 Å². The van der Waals surface area contributed by atoms with Crippen molar-refractivity contribution < 1.29 is 19.1 Å². The number of nitriles is 1. The second-order valence-corrected chi connectivity index (χ2v) is 7.10. The van der Waals surface area contributed by atoms with E-state index in [-0.39, 0.29) is 18.2 Å². The number of ether oxygens (including phenoxy) is 2. The van der Waals surface area contributed by atoms with Crippen molar-refractivity contribution in [3.05, 3.63) is 60.7 Å². The van der Waals surface area contributed by atoms with E-state index in [1.807, 2.05) is 6.07 Å². The molecule has 10 heteroatoms. The number of rotatable bonds is 10. The topological polar surface area (TPSA) is 131 Å². The zero-order chi connectivity index (χ0) is 23.6. The Labute approximate surface area is 191 Å². The van der Waals surface area contributed by atoms with Gasteiger partial charge in [0.2, 0.25) is 11.8 Å². The number of aromatic nitrogens is 3. The van der Waals surface area contributed by atoms with Crippen LogP contribution in [0.15, 0.2) is 55.1 Å². The number of nitrogens with zero attached hydrogens (tertiary/aromatic N) is 4. The van der Waals surface area contributed by atoms with Gasteiger partial charge in [-0.25, -0.2) is 9.67 Å². The van der Waals surface area contributed by atoms with Gasteiger partial charge in [-0.1, -0.05) is 0 Å². The SMILES string of the molecule is COc1cc(C#N)ccc1OCCCC(=O)Nc1ccc(NC(=O)C(C)n2cncn2)cc1. The summed E-state index contributed by atoms with van der Waals surface area (Å²) < 4.78 is 12.3. The van der Waals surface area contributed by atoms with Gasteiger partial charge in [0.25, 0.3) is 0 Å².